The minimum atomic E-state index is -0.427. The van der Waals surface area contributed by atoms with E-state index in [-0.39, 0.29) is 12.0 Å². The normalized spacial score (nSPS) is 27.9. The summed E-state index contributed by atoms with van der Waals surface area (Å²) < 4.78 is 0. The average molecular weight is 206 g/mol. The van der Waals surface area contributed by atoms with Crippen molar-refractivity contribution in [3.63, 3.8) is 0 Å². The second-order valence-electron chi connectivity index (χ2n) is 4.42. The summed E-state index contributed by atoms with van der Waals surface area (Å²) in [5, 5.41) is 19.7. The van der Waals surface area contributed by atoms with Crippen LogP contribution in [0.5, 0.6) is 0 Å². The van der Waals surface area contributed by atoms with Crippen molar-refractivity contribution in [2.45, 2.75) is 37.9 Å². The Morgan fingerprint density at radius 2 is 1.93 bits per heavy atom. The summed E-state index contributed by atoms with van der Waals surface area (Å²) in [6, 6.07) is 9.69. The Morgan fingerprint density at radius 3 is 2.53 bits per heavy atom. The maximum absolute atomic E-state index is 9.99. The summed E-state index contributed by atoms with van der Waals surface area (Å²) in [4.78, 5) is 0. The van der Waals surface area contributed by atoms with Crippen molar-refractivity contribution in [1.82, 2.24) is 0 Å². The average Bonchev–Trinajstić information content (AvgIpc) is 2.66. The quantitative estimate of drug-likeness (QED) is 0.796. The van der Waals surface area contributed by atoms with Gasteiger partial charge in [0.1, 0.15) is 0 Å². The van der Waals surface area contributed by atoms with Gasteiger partial charge in [0.25, 0.3) is 0 Å². The molecule has 1 aromatic carbocycles. The van der Waals surface area contributed by atoms with Crippen molar-refractivity contribution >= 4 is 0 Å². The third-order valence-electron chi connectivity index (χ3n) is 3.33. The van der Waals surface area contributed by atoms with Crippen LogP contribution in [0.4, 0.5) is 0 Å². The smallest absolute Gasteiger partial charge is 0.0793 e. The molecule has 1 fully saturated rings. The van der Waals surface area contributed by atoms with E-state index in [0.29, 0.717) is 6.42 Å². The molecule has 0 aliphatic heterocycles. The lowest BCUT2D eigenvalue weighted by molar-refractivity contribution is 0.0798. The molecule has 2 N–H and O–H groups in total. The van der Waals surface area contributed by atoms with E-state index in [1.807, 2.05) is 30.3 Å². The molecule has 2 heteroatoms. The summed E-state index contributed by atoms with van der Waals surface area (Å²) in [5.41, 5.74) is 0.955. The Balaban J connectivity index is 1.95. The summed E-state index contributed by atoms with van der Waals surface area (Å²) in [6.45, 7) is 0. The third-order valence-corrected chi connectivity index (χ3v) is 3.33. The molecule has 2 nitrogen and oxygen atoms in total. The molecule has 3 atom stereocenters. The van der Waals surface area contributed by atoms with Crippen LogP contribution in [0, 0.1) is 5.92 Å². The van der Waals surface area contributed by atoms with Gasteiger partial charge in [-0.2, -0.15) is 0 Å². The van der Waals surface area contributed by atoms with Gasteiger partial charge >= 0.3 is 0 Å². The van der Waals surface area contributed by atoms with E-state index < -0.39 is 6.10 Å². The van der Waals surface area contributed by atoms with Crippen LogP contribution in [-0.4, -0.2) is 16.3 Å². The predicted octanol–water partition coefficient (Wildman–Crippen LogP) is 2.27. The van der Waals surface area contributed by atoms with E-state index >= 15 is 0 Å². The molecule has 0 bridgehead atoms. The van der Waals surface area contributed by atoms with Crippen LogP contribution in [0.25, 0.3) is 0 Å². The fraction of sp³-hybridized carbons (Fsp3) is 0.538. The molecule has 1 aliphatic carbocycles. The second kappa shape index (κ2) is 4.77. The van der Waals surface area contributed by atoms with Gasteiger partial charge in [0.2, 0.25) is 0 Å². The van der Waals surface area contributed by atoms with Crippen LogP contribution in [0.3, 0.4) is 0 Å². The molecular weight excluding hydrogens is 188 g/mol. The molecule has 0 spiro atoms. The number of aliphatic hydroxyl groups excluding tert-OH is 2. The molecule has 1 saturated carbocycles. The summed E-state index contributed by atoms with van der Waals surface area (Å²) in [6.07, 6.45) is 3.09. The monoisotopic (exact) mass is 206 g/mol. The van der Waals surface area contributed by atoms with Gasteiger partial charge in [0, 0.05) is 0 Å². The number of aliphatic hydroxyl groups is 2. The van der Waals surface area contributed by atoms with Crippen LogP contribution >= 0.6 is 0 Å². The highest BCUT2D eigenvalue weighted by atomic mass is 16.3. The maximum Gasteiger partial charge on any atom is 0.0793 e. The van der Waals surface area contributed by atoms with Crippen molar-refractivity contribution in [2.75, 3.05) is 0 Å². The van der Waals surface area contributed by atoms with Gasteiger partial charge in [-0.05, 0) is 30.7 Å². The third kappa shape index (κ3) is 2.58. The Labute approximate surface area is 90.6 Å². The Hall–Kier alpha value is -0.860. The van der Waals surface area contributed by atoms with E-state index in [1.165, 1.54) is 0 Å². The van der Waals surface area contributed by atoms with E-state index in [0.717, 1.165) is 24.8 Å². The lowest BCUT2D eigenvalue weighted by Crippen LogP contribution is -2.16. The minimum Gasteiger partial charge on any atom is -0.393 e. The van der Waals surface area contributed by atoms with Crippen molar-refractivity contribution < 1.29 is 10.2 Å². The molecule has 82 valence electrons. The number of hydrogen-bond donors (Lipinski definition) is 2. The Kier molecular flexibility index (Phi) is 3.39. The lowest BCUT2D eigenvalue weighted by Gasteiger charge is -2.18. The van der Waals surface area contributed by atoms with Gasteiger partial charge in [0.15, 0.2) is 0 Å². The van der Waals surface area contributed by atoms with Crippen LogP contribution in [-0.2, 0) is 0 Å². The Morgan fingerprint density at radius 1 is 1.20 bits per heavy atom. The van der Waals surface area contributed by atoms with Gasteiger partial charge in [-0.15, -0.1) is 0 Å². The number of hydrogen-bond acceptors (Lipinski definition) is 2. The van der Waals surface area contributed by atoms with Gasteiger partial charge in [-0.3, -0.25) is 0 Å². The van der Waals surface area contributed by atoms with Crippen molar-refractivity contribution in [3.05, 3.63) is 35.9 Å². The van der Waals surface area contributed by atoms with Crippen LogP contribution in [0.1, 0.15) is 37.4 Å². The SMILES string of the molecule is OC(CC1CCCC1O)c1ccccc1. The van der Waals surface area contributed by atoms with Gasteiger partial charge in [-0.25, -0.2) is 0 Å². The van der Waals surface area contributed by atoms with Crippen LogP contribution in [0.2, 0.25) is 0 Å². The van der Waals surface area contributed by atoms with E-state index in [9.17, 15) is 10.2 Å². The first-order chi connectivity index (χ1) is 7.27. The zero-order valence-electron chi connectivity index (χ0n) is 8.84. The van der Waals surface area contributed by atoms with Crippen molar-refractivity contribution in [2.24, 2.45) is 5.92 Å². The van der Waals surface area contributed by atoms with Gasteiger partial charge in [0.05, 0.1) is 12.2 Å². The minimum absolute atomic E-state index is 0.205. The highest BCUT2D eigenvalue weighted by Crippen LogP contribution is 2.33. The fourth-order valence-corrected chi connectivity index (χ4v) is 2.39. The van der Waals surface area contributed by atoms with E-state index in [4.69, 9.17) is 0 Å². The molecule has 0 saturated heterocycles. The summed E-state index contributed by atoms with van der Waals surface area (Å²) in [5.74, 6) is 0.278. The van der Waals surface area contributed by atoms with Gasteiger partial charge in [-0.1, -0.05) is 36.8 Å². The summed E-state index contributed by atoms with van der Waals surface area (Å²) >= 11 is 0. The van der Waals surface area contributed by atoms with Crippen molar-refractivity contribution in [3.8, 4) is 0 Å². The first-order valence-corrected chi connectivity index (χ1v) is 5.68. The maximum atomic E-state index is 9.99. The standard InChI is InChI=1S/C13H18O2/c14-12-8-4-7-11(12)9-13(15)10-5-2-1-3-6-10/h1-3,5-6,11-15H,4,7-9H2. The first kappa shape index (κ1) is 10.7. The van der Waals surface area contributed by atoms with E-state index in [2.05, 4.69) is 0 Å². The molecule has 0 amide bonds. The molecule has 1 aromatic rings. The predicted molar refractivity (Wildman–Crippen MR) is 59.4 cm³/mol. The molecule has 0 aromatic heterocycles. The molecule has 0 radical (unpaired) electrons. The zero-order valence-corrected chi connectivity index (χ0v) is 8.84. The highest BCUT2D eigenvalue weighted by Gasteiger charge is 2.27. The fourth-order valence-electron chi connectivity index (χ4n) is 2.39. The topological polar surface area (TPSA) is 40.5 Å². The molecule has 3 unspecified atom stereocenters. The van der Waals surface area contributed by atoms with Crippen LogP contribution < -0.4 is 0 Å². The van der Waals surface area contributed by atoms with Crippen molar-refractivity contribution in [1.29, 1.82) is 0 Å². The molecule has 2 rings (SSSR count). The molecule has 1 aliphatic rings. The van der Waals surface area contributed by atoms with Gasteiger partial charge < -0.3 is 10.2 Å². The van der Waals surface area contributed by atoms with Crippen LogP contribution in [0.15, 0.2) is 30.3 Å². The number of benzene rings is 1. The highest BCUT2D eigenvalue weighted by molar-refractivity contribution is 5.17. The number of rotatable bonds is 3. The zero-order chi connectivity index (χ0) is 10.7. The Bertz CT molecular complexity index is 297. The largest absolute Gasteiger partial charge is 0.393 e. The van der Waals surface area contributed by atoms with E-state index in [1.54, 1.807) is 0 Å². The molecular formula is C13H18O2. The molecule has 0 heterocycles. The second-order valence-corrected chi connectivity index (χ2v) is 4.42. The first-order valence-electron chi connectivity index (χ1n) is 5.68. The lowest BCUT2D eigenvalue weighted by atomic mass is 9.94. The summed E-state index contributed by atoms with van der Waals surface area (Å²) in [7, 11) is 0. The molecule has 15 heavy (non-hydrogen) atoms.